The monoisotopic (exact) mass is 259 g/mol. The molecule has 0 aliphatic carbocycles. The van der Waals surface area contributed by atoms with Crippen LogP contribution in [0, 0.1) is 0 Å². The van der Waals surface area contributed by atoms with E-state index in [1.165, 1.54) is 6.92 Å². The van der Waals surface area contributed by atoms with Crippen molar-refractivity contribution in [3.8, 4) is 0 Å². The molecule has 0 aliphatic rings. The molecule has 2 rings (SSSR count). The van der Waals surface area contributed by atoms with Crippen molar-refractivity contribution in [3.05, 3.63) is 36.0 Å². The van der Waals surface area contributed by atoms with Gasteiger partial charge in [0.2, 0.25) is 0 Å². The molecule has 4 nitrogen and oxygen atoms in total. The van der Waals surface area contributed by atoms with Gasteiger partial charge >= 0.3 is 5.97 Å². The normalized spacial score (nSPS) is 11.5. The van der Waals surface area contributed by atoms with Crippen molar-refractivity contribution in [2.24, 2.45) is 0 Å². The third-order valence-electron chi connectivity index (χ3n) is 3.15. The maximum absolute atomic E-state index is 11.1. The minimum atomic E-state index is -0.410. The van der Waals surface area contributed by atoms with Crippen molar-refractivity contribution in [3.63, 3.8) is 0 Å². The number of esters is 1. The Bertz CT molecular complexity index is 625. The molecule has 0 aliphatic heterocycles. The number of para-hydroxylation sites is 1. The maximum Gasteiger partial charge on any atom is 0.302 e. The van der Waals surface area contributed by atoms with Crippen LogP contribution in [-0.2, 0) is 15.1 Å². The van der Waals surface area contributed by atoms with Crippen molar-refractivity contribution in [1.29, 1.82) is 0 Å². The number of carbonyl (C=O) groups excluding carboxylic acids is 2. The van der Waals surface area contributed by atoms with Crippen LogP contribution in [0.3, 0.4) is 0 Å². The Morgan fingerprint density at radius 1 is 1.37 bits per heavy atom. The molecule has 4 heteroatoms. The first-order valence-electron chi connectivity index (χ1n) is 6.15. The van der Waals surface area contributed by atoms with Crippen molar-refractivity contribution >= 4 is 23.2 Å². The van der Waals surface area contributed by atoms with Gasteiger partial charge in [-0.25, -0.2) is 0 Å². The molecule has 19 heavy (non-hydrogen) atoms. The summed E-state index contributed by atoms with van der Waals surface area (Å²) >= 11 is 0. The Morgan fingerprint density at radius 2 is 2.05 bits per heavy atom. The van der Waals surface area contributed by atoms with Gasteiger partial charge in [-0.2, -0.15) is 0 Å². The zero-order valence-corrected chi connectivity index (χ0v) is 11.3. The summed E-state index contributed by atoms with van der Waals surface area (Å²) in [5.41, 5.74) is 1.19. The van der Waals surface area contributed by atoms with Crippen molar-refractivity contribution in [2.45, 2.75) is 26.3 Å². The topological polar surface area (TPSA) is 48.3 Å². The third-order valence-corrected chi connectivity index (χ3v) is 3.15. The molecule has 0 fully saturated rings. The van der Waals surface area contributed by atoms with Crippen molar-refractivity contribution < 1.29 is 14.3 Å². The summed E-state index contributed by atoms with van der Waals surface area (Å²) < 4.78 is 7.09. The van der Waals surface area contributed by atoms with E-state index in [0.717, 1.165) is 17.2 Å². The zero-order chi connectivity index (χ0) is 14.0. The van der Waals surface area contributed by atoms with Gasteiger partial charge in [0.1, 0.15) is 6.61 Å². The fourth-order valence-electron chi connectivity index (χ4n) is 2.15. The lowest BCUT2D eigenvalue weighted by Crippen LogP contribution is -2.32. The minimum absolute atomic E-state index is 0.263. The van der Waals surface area contributed by atoms with Crippen LogP contribution < -0.4 is 0 Å². The molecule has 0 N–H and O–H groups in total. The predicted molar refractivity (Wildman–Crippen MR) is 73.3 cm³/mol. The molecule has 2 aromatic rings. The first kappa shape index (κ1) is 13.3. The molecule has 0 unspecified atom stereocenters. The molecule has 0 saturated carbocycles. The highest BCUT2D eigenvalue weighted by atomic mass is 16.5. The molecule has 1 aromatic carbocycles. The molecular weight excluding hydrogens is 242 g/mol. The number of aldehydes is 1. The van der Waals surface area contributed by atoms with Gasteiger partial charge in [0.25, 0.3) is 0 Å². The van der Waals surface area contributed by atoms with Gasteiger partial charge < -0.3 is 9.30 Å². The summed E-state index contributed by atoms with van der Waals surface area (Å²) in [6, 6.07) is 7.70. The molecule has 1 aromatic heterocycles. The Morgan fingerprint density at radius 3 is 2.68 bits per heavy atom. The van der Waals surface area contributed by atoms with Crippen molar-refractivity contribution in [2.75, 3.05) is 6.61 Å². The van der Waals surface area contributed by atoms with E-state index in [-0.39, 0.29) is 12.6 Å². The van der Waals surface area contributed by atoms with E-state index >= 15 is 0 Å². The molecular formula is C15H17NO3. The number of hydrogen-bond donors (Lipinski definition) is 0. The standard InChI is InChI=1S/C15H17NO3/c1-11(18)19-10-15(2,3)16-8-12(9-17)13-6-4-5-7-14(13)16/h4-9H,10H2,1-3H3. The second-order valence-corrected chi connectivity index (χ2v) is 5.18. The largest absolute Gasteiger partial charge is 0.463 e. The average molecular weight is 259 g/mol. The smallest absolute Gasteiger partial charge is 0.302 e. The Labute approximate surface area is 112 Å². The number of carbonyl (C=O) groups is 2. The number of benzene rings is 1. The molecule has 0 bridgehead atoms. The maximum atomic E-state index is 11.1. The van der Waals surface area contributed by atoms with E-state index in [0.29, 0.717) is 5.56 Å². The van der Waals surface area contributed by atoms with Crippen LogP contribution in [-0.4, -0.2) is 23.4 Å². The highest BCUT2D eigenvalue weighted by molar-refractivity contribution is 5.97. The van der Waals surface area contributed by atoms with Crippen LogP contribution in [0.1, 0.15) is 31.1 Å². The fourth-order valence-corrected chi connectivity index (χ4v) is 2.15. The second-order valence-electron chi connectivity index (χ2n) is 5.18. The van der Waals surface area contributed by atoms with Gasteiger partial charge in [0, 0.05) is 29.6 Å². The number of aromatic nitrogens is 1. The van der Waals surface area contributed by atoms with E-state index in [2.05, 4.69) is 0 Å². The summed E-state index contributed by atoms with van der Waals surface area (Å²) in [5.74, 6) is -0.305. The van der Waals surface area contributed by atoms with Crippen LogP contribution in [0.15, 0.2) is 30.5 Å². The summed E-state index contributed by atoms with van der Waals surface area (Å²) in [6.45, 7) is 5.59. The van der Waals surface area contributed by atoms with Gasteiger partial charge in [-0.05, 0) is 19.9 Å². The molecule has 0 spiro atoms. The number of nitrogens with zero attached hydrogens (tertiary/aromatic N) is 1. The highest BCUT2D eigenvalue weighted by Gasteiger charge is 2.24. The molecule has 1 heterocycles. The van der Waals surface area contributed by atoms with E-state index in [1.54, 1.807) is 6.20 Å². The van der Waals surface area contributed by atoms with E-state index in [9.17, 15) is 9.59 Å². The van der Waals surface area contributed by atoms with Crippen LogP contribution in [0.4, 0.5) is 0 Å². The van der Waals surface area contributed by atoms with E-state index in [1.807, 2.05) is 42.7 Å². The Hall–Kier alpha value is -2.10. The first-order chi connectivity index (χ1) is 8.95. The van der Waals surface area contributed by atoms with E-state index < -0.39 is 5.54 Å². The Balaban J connectivity index is 2.49. The van der Waals surface area contributed by atoms with Crippen molar-refractivity contribution in [1.82, 2.24) is 4.57 Å². The molecule has 0 amide bonds. The summed E-state index contributed by atoms with van der Waals surface area (Å²) in [5, 5.41) is 0.911. The summed E-state index contributed by atoms with van der Waals surface area (Å²) in [7, 11) is 0. The lowest BCUT2D eigenvalue weighted by atomic mass is 10.1. The summed E-state index contributed by atoms with van der Waals surface area (Å²) in [4.78, 5) is 22.1. The number of rotatable bonds is 4. The molecule has 0 atom stereocenters. The van der Waals surface area contributed by atoms with Crippen LogP contribution in [0.25, 0.3) is 10.9 Å². The van der Waals surface area contributed by atoms with E-state index in [4.69, 9.17) is 4.74 Å². The zero-order valence-electron chi connectivity index (χ0n) is 11.3. The summed E-state index contributed by atoms with van der Waals surface area (Å²) in [6.07, 6.45) is 2.65. The van der Waals surface area contributed by atoms with Gasteiger partial charge in [0.05, 0.1) is 5.54 Å². The Kier molecular flexibility index (Phi) is 3.42. The lowest BCUT2D eigenvalue weighted by Gasteiger charge is -2.27. The first-order valence-corrected chi connectivity index (χ1v) is 6.15. The predicted octanol–water partition coefficient (Wildman–Crippen LogP) is 2.75. The van der Waals surface area contributed by atoms with Crippen LogP contribution in [0.5, 0.6) is 0 Å². The van der Waals surface area contributed by atoms with Gasteiger partial charge in [-0.1, -0.05) is 18.2 Å². The van der Waals surface area contributed by atoms with Gasteiger partial charge in [0.15, 0.2) is 6.29 Å². The average Bonchev–Trinajstić information content (AvgIpc) is 2.76. The lowest BCUT2D eigenvalue weighted by molar-refractivity contribution is -0.143. The third kappa shape index (κ3) is 2.52. The highest BCUT2D eigenvalue weighted by Crippen LogP contribution is 2.27. The van der Waals surface area contributed by atoms with Gasteiger partial charge in [-0.3, -0.25) is 9.59 Å². The fraction of sp³-hybridized carbons (Fsp3) is 0.333. The van der Waals surface area contributed by atoms with Gasteiger partial charge in [-0.15, -0.1) is 0 Å². The number of fused-ring (bicyclic) bond motifs is 1. The molecule has 100 valence electrons. The molecule has 0 radical (unpaired) electrons. The van der Waals surface area contributed by atoms with Crippen LogP contribution in [0.2, 0.25) is 0 Å². The number of hydrogen-bond acceptors (Lipinski definition) is 3. The minimum Gasteiger partial charge on any atom is -0.463 e. The molecule has 0 saturated heterocycles. The van der Waals surface area contributed by atoms with Crippen LogP contribution >= 0.6 is 0 Å². The SMILES string of the molecule is CC(=O)OCC(C)(C)n1cc(C=O)c2ccccc21. The number of ether oxygens (including phenoxy) is 1. The second kappa shape index (κ2) is 4.88. The quantitative estimate of drug-likeness (QED) is 0.626.